The van der Waals surface area contributed by atoms with Gasteiger partial charge in [0.25, 0.3) is 5.69 Å². The Morgan fingerprint density at radius 3 is 2.81 bits per heavy atom. The van der Waals surface area contributed by atoms with E-state index >= 15 is 0 Å². The molecule has 0 aliphatic carbocycles. The van der Waals surface area contributed by atoms with E-state index in [1.54, 1.807) is 0 Å². The maximum absolute atomic E-state index is 13.7. The van der Waals surface area contributed by atoms with Crippen LogP contribution in [-0.2, 0) is 11.3 Å². The minimum Gasteiger partial charge on any atom is -0.457 e. The summed E-state index contributed by atoms with van der Waals surface area (Å²) in [5, 5.41) is 20.2. The molecule has 3 aromatic rings. The zero-order valence-electron chi connectivity index (χ0n) is 13.7. The van der Waals surface area contributed by atoms with Crippen molar-refractivity contribution in [2.45, 2.75) is 6.61 Å². The number of halogens is 1. The van der Waals surface area contributed by atoms with E-state index in [1.807, 2.05) is 6.07 Å². The average molecular weight is 366 g/mol. The molecule has 0 saturated heterocycles. The SMILES string of the molecule is N#Cc1ccc(F)c(COC(=O)c2ccc(-n3ccnc3)c([N+](=O)[O-])c2)c1. The number of hydrogen-bond acceptors (Lipinski definition) is 6. The number of nitro groups is 1. The number of nitro benzene ring substituents is 1. The van der Waals surface area contributed by atoms with Crippen molar-refractivity contribution in [2.75, 3.05) is 0 Å². The molecular weight excluding hydrogens is 355 g/mol. The Morgan fingerprint density at radius 2 is 2.15 bits per heavy atom. The highest BCUT2D eigenvalue weighted by Crippen LogP contribution is 2.25. The van der Waals surface area contributed by atoms with Crippen molar-refractivity contribution in [1.29, 1.82) is 5.26 Å². The lowest BCUT2D eigenvalue weighted by atomic mass is 10.1. The third kappa shape index (κ3) is 3.80. The Hall–Kier alpha value is -4.06. The molecule has 0 aliphatic rings. The van der Waals surface area contributed by atoms with E-state index in [4.69, 9.17) is 10.00 Å². The van der Waals surface area contributed by atoms with E-state index in [0.717, 1.165) is 12.1 Å². The Morgan fingerprint density at radius 1 is 1.33 bits per heavy atom. The van der Waals surface area contributed by atoms with Crippen LogP contribution in [0.15, 0.2) is 55.1 Å². The van der Waals surface area contributed by atoms with Crippen molar-refractivity contribution in [3.63, 3.8) is 0 Å². The molecule has 0 N–H and O–H groups in total. The summed E-state index contributed by atoms with van der Waals surface area (Å²) in [5.41, 5.74) is 0.138. The minimum atomic E-state index is -0.850. The van der Waals surface area contributed by atoms with E-state index in [0.29, 0.717) is 0 Å². The Balaban J connectivity index is 1.82. The third-order valence-corrected chi connectivity index (χ3v) is 3.72. The molecule has 3 rings (SSSR count). The van der Waals surface area contributed by atoms with Gasteiger partial charge in [0.2, 0.25) is 0 Å². The summed E-state index contributed by atoms with van der Waals surface area (Å²) in [6.45, 7) is -0.405. The maximum atomic E-state index is 13.7. The molecule has 0 fully saturated rings. The number of nitriles is 1. The summed E-state index contributed by atoms with van der Waals surface area (Å²) in [6, 6.07) is 9.39. The smallest absolute Gasteiger partial charge is 0.338 e. The first-order valence-corrected chi connectivity index (χ1v) is 7.62. The van der Waals surface area contributed by atoms with Crippen molar-refractivity contribution in [1.82, 2.24) is 9.55 Å². The van der Waals surface area contributed by atoms with Gasteiger partial charge in [-0.05, 0) is 30.3 Å². The van der Waals surface area contributed by atoms with Crippen LogP contribution in [0.2, 0.25) is 0 Å². The lowest BCUT2D eigenvalue weighted by molar-refractivity contribution is -0.384. The summed E-state index contributed by atoms with van der Waals surface area (Å²) < 4.78 is 20.2. The maximum Gasteiger partial charge on any atom is 0.338 e. The zero-order valence-corrected chi connectivity index (χ0v) is 13.7. The van der Waals surface area contributed by atoms with Crippen molar-refractivity contribution < 1.29 is 18.8 Å². The molecule has 0 amide bonds. The lowest BCUT2D eigenvalue weighted by Gasteiger charge is -2.08. The largest absolute Gasteiger partial charge is 0.457 e. The van der Waals surface area contributed by atoms with Crippen LogP contribution in [0.25, 0.3) is 5.69 Å². The van der Waals surface area contributed by atoms with Gasteiger partial charge >= 0.3 is 5.97 Å². The van der Waals surface area contributed by atoms with E-state index in [-0.39, 0.29) is 28.1 Å². The van der Waals surface area contributed by atoms with Crippen LogP contribution in [0, 0.1) is 27.3 Å². The van der Waals surface area contributed by atoms with Crippen LogP contribution < -0.4 is 0 Å². The topological polar surface area (TPSA) is 111 Å². The van der Waals surface area contributed by atoms with Gasteiger partial charge in [0, 0.05) is 24.0 Å². The highest BCUT2D eigenvalue weighted by molar-refractivity contribution is 5.90. The van der Waals surface area contributed by atoms with Gasteiger partial charge in [-0.15, -0.1) is 0 Å². The van der Waals surface area contributed by atoms with Gasteiger partial charge in [0.05, 0.1) is 28.4 Å². The van der Waals surface area contributed by atoms with Crippen LogP contribution >= 0.6 is 0 Å². The number of carbonyl (C=O) groups excluding carboxylic acids is 1. The first kappa shape index (κ1) is 17.8. The van der Waals surface area contributed by atoms with Crippen LogP contribution in [0.1, 0.15) is 21.5 Å². The first-order chi connectivity index (χ1) is 13.0. The zero-order chi connectivity index (χ0) is 19.4. The van der Waals surface area contributed by atoms with E-state index in [9.17, 15) is 19.3 Å². The van der Waals surface area contributed by atoms with Crippen molar-refractivity contribution in [3.8, 4) is 11.8 Å². The van der Waals surface area contributed by atoms with Crippen molar-refractivity contribution in [3.05, 3.63) is 87.7 Å². The molecule has 27 heavy (non-hydrogen) atoms. The third-order valence-electron chi connectivity index (χ3n) is 3.72. The number of nitrogens with zero attached hydrogens (tertiary/aromatic N) is 4. The highest BCUT2D eigenvalue weighted by Gasteiger charge is 2.20. The predicted molar refractivity (Wildman–Crippen MR) is 90.5 cm³/mol. The number of rotatable bonds is 5. The fraction of sp³-hybridized carbons (Fsp3) is 0.0556. The number of aromatic nitrogens is 2. The molecule has 9 heteroatoms. The predicted octanol–water partition coefficient (Wildman–Crippen LogP) is 3.15. The summed E-state index contributed by atoms with van der Waals surface area (Å²) >= 11 is 0. The van der Waals surface area contributed by atoms with Crippen LogP contribution in [-0.4, -0.2) is 20.4 Å². The van der Waals surface area contributed by atoms with Gasteiger partial charge in [-0.2, -0.15) is 5.26 Å². The summed E-state index contributed by atoms with van der Waals surface area (Å²) in [7, 11) is 0. The first-order valence-electron chi connectivity index (χ1n) is 7.62. The van der Waals surface area contributed by atoms with Gasteiger partial charge < -0.3 is 9.30 Å². The monoisotopic (exact) mass is 366 g/mol. The lowest BCUT2D eigenvalue weighted by Crippen LogP contribution is -2.08. The second-order valence-corrected chi connectivity index (χ2v) is 5.42. The Kier molecular flexibility index (Phi) is 4.90. The molecule has 0 spiro atoms. The van der Waals surface area contributed by atoms with Crippen LogP contribution in [0.4, 0.5) is 10.1 Å². The fourth-order valence-electron chi connectivity index (χ4n) is 2.40. The molecular formula is C18H11FN4O4. The molecule has 0 unspecified atom stereocenters. The standard InChI is InChI=1S/C18H11FN4O4/c19-15-3-1-12(9-20)7-14(15)10-27-18(24)13-2-4-16(17(8-13)23(25)26)22-6-5-21-11-22/h1-8,11H,10H2. The second-order valence-electron chi connectivity index (χ2n) is 5.42. The molecule has 0 radical (unpaired) electrons. The number of esters is 1. The molecule has 134 valence electrons. The summed E-state index contributed by atoms with van der Waals surface area (Å²) in [5.74, 6) is -1.47. The number of imidazole rings is 1. The molecule has 2 aromatic carbocycles. The average Bonchev–Trinajstić information content (AvgIpc) is 3.21. The number of hydrogen-bond donors (Lipinski definition) is 0. The van der Waals surface area contributed by atoms with Gasteiger partial charge in [-0.3, -0.25) is 10.1 Å². The van der Waals surface area contributed by atoms with E-state index in [2.05, 4.69) is 4.98 Å². The van der Waals surface area contributed by atoms with E-state index < -0.39 is 23.3 Å². The van der Waals surface area contributed by atoms with Gasteiger partial charge in [0.15, 0.2) is 0 Å². The van der Waals surface area contributed by atoms with Crippen LogP contribution in [0.5, 0.6) is 0 Å². The quantitative estimate of drug-likeness (QED) is 0.390. The van der Waals surface area contributed by atoms with Crippen LogP contribution in [0.3, 0.4) is 0 Å². The van der Waals surface area contributed by atoms with Gasteiger partial charge in [-0.1, -0.05) is 0 Å². The summed E-state index contributed by atoms with van der Waals surface area (Å²) in [6.07, 6.45) is 4.40. The highest BCUT2D eigenvalue weighted by atomic mass is 19.1. The molecule has 0 saturated carbocycles. The molecule has 1 heterocycles. The number of benzene rings is 2. The minimum absolute atomic E-state index is 0.0342. The number of ether oxygens (including phenoxy) is 1. The summed E-state index contributed by atoms with van der Waals surface area (Å²) in [4.78, 5) is 26.7. The molecule has 0 atom stereocenters. The molecule has 0 bridgehead atoms. The van der Waals surface area contributed by atoms with Crippen molar-refractivity contribution in [2.24, 2.45) is 0 Å². The van der Waals surface area contributed by atoms with Gasteiger partial charge in [0.1, 0.15) is 18.1 Å². The molecule has 8 nitrogen and oxygen atoms in total. The Labute approximate surface area is 152 Å². The fourth-order valence-corrected chi connectivity index (χ4v) is 2.40. The number of carbonyl (C=O) groups is 1. The second kappa shape index (κ2) is 7.45. The normalized spacial score (nSPS) is 10.2. The van der Waals surface area contributed by atoms with Gasteiger partial charge in [-0.25, -0.2) is 14.2 Å². The molecule has 1 aromatic heterocycles. The Bertz CT molecular complexity index is 1060. The van der Waals surface area contributed by atoms with Crippen molar-refractivity contribution >= 4 is 11.7 Å². The molecule has 0 aliphatic heterocycles. The van der Waals surface area contributed by atoms with E-state index in [1.165, 1.54) is 47.6 Å².